The molecule has 1 fully saturated rings. The molecule has 0 aliphatic carbocycles. The van der Waals surface area contributed by atoms with Crippen molar-refractivity contribution >= 4 is 153 Å². The van der Waals surface area contributed by atoms with Gasteiger partial charge in [-0.1, -0.05) is 45.9 Å². The average molecular weight is 1780 g/mol. The number of nitrogens with two attached hydrogens (primary N) is 4. The zero-order valence-corrected chi connectivity index (χ0v) is 71.3. The number of H-pyrrole nitrogens is 1. The van der Waals surface area contributed by atoms with E-state index in [4.69, 9.17) is 28.0 Å². The topological polar surface area (TPSA) is 730 Å². The molecular formula is C77H120N18O26S2. The van der Waals surface area contributed by atoms with E-state index < -0.39 is 292 Å². The van der Waals surface area contributed by atoms with Crippen LogP contribution in [0.5, 0.6) is 0 Å². The van der Waals surface area contributed by atoms with Crippen molar-refractivity contribution in [2.45, 2.75) is 254 Å². The number of hydrogen-bond acceptors (Lipinski definition) is 25. The molecule has 1 aliphatic heterocycles. The van der Waals surface area contributed by atoms with Gasteiger partial charge in [-0.25, -0.2) is 4.79 Å². The monoisotopic (exact) mass is 1780 g/mol. The van der Waals surface area contributed by atoms with Crippen LogP contribution in [0.3, 0.4) is 0 Å². The standard InChI is InChI=1S/C77H120N18O26S2/c1-39(2)62(75(118)90-52(77(120)121)23-28-60(103)104)93-71(114)50(22-27-59(101)102)87-66(109)46(17-10-12-32-79)84-65(108)45(16-9-11-31-78)85-70(113)51(30-35-123-6)88-67(110)47(19-24-56(81)96)89-74(117)55-18-13-33-95(55)76(119)63(40(3)4)94-73(116)54(37-61(105)106)92-72(115)53(36-41-38-82-44-15-8-7-14-42(41)44)91-69(112)49(21-26-58(99)100)86-68(111)48(20-25-57(97)98)83-64(107)43(80)29-34-122-5/h7-8,14-15,38-40,43,45-55,62-63,82H,9-13,16-37,78-80H2,1-6H3,(H2,81,96)(H,83,107)(H,84,108)(H,85,113)(H,86,111)(H,87,109)(H,88,110)(H,89,117)(H,90,118)(H,91,112)(H,92,115)(H,93,114)(H,94,116)(H,97,98)(H,99,100)(H,101,102)(H,103,104)(H,105,106)(H,120,121)/t43-,45-,46-,47-,48-,49-,50-,51-,52-,53-,54-,55-,62-,63-/m0/s1. The quantitative estimate of drug-likeness (QED) is 0.0283. The lowest BCUT2D eigenvalue weighted by atomic mass is 10.00. The Balaban J connectivity index is 1.99. The lowest BCUT2D eigenvalue weighted by Gasteiger charge is -2.32. The van der Waals surface area contributed by atoms with Crippen LogP contribution in [0.1, 0.15) is 168 Å². The predicted octanol–water partition coefficient (Wildman–Crippen LogP) is -3.79. The van der Waals surface area contributed by atoms with Crippen molar-refractivity contribution < 1.29 is 127 Å². The molecule has 0 bridgehead atoms. The second-order valence-corrected chi connectivity index (χ2v) is 32.2. The Bertz CT molecular complexity index is 4000. The Labute approximate surface area is 717 Å². The van der Waals surface area contributed by atoms with E-state index in [1.807, 2.05) is 0 Å². The second-order valence-electron chi connectivity index (χ2n) is 30.2. The highest BCUT2D eigenvalue weighted by Crippen LogP contribution is 2.24. The minimum absolute atomic E-state index is 0.0587. The van der Waals surface area contributed by atoms with Gasteiger partial charge in [-0.05, 0) is 157 Å². The molecule has 3 rings (SSSR count). The number of rotatable bonds is 61. The third-order valence-corrected chi connectivity index (χ3v) is 21.1. The van der Waals surface area contributed by atoms with Crippen molar-refractivity contribution in [3.05, 3.63) is 36.0 Å². The number of likely N-dealkylation sites (tertiary alicyclic amines) is 1. The molecule has 44 nitrogen and oxygen atoms in total. The van der Waals surface area contributed by atoms with Crippen LogP contribution in [-0.4, -0.2) is 287 Å². The number of unbranched alkanes of at least 4 members (excludes halogenated alkanes) is 2. The lowest BCUT2D eigenvalue weighted by Crippen LogP contribution is -2.61. The van der Waals surface area contributed by atoms with Gasteiger partial charge in [0.2, 0.25) is 82.7 Å². The number of nitrogens with one attached hydrogen (secondary N) is 13. The highest BCUT2D eigenvalue weighted by Gasteiger charge is 2.43. The van der Waals surface area contributed by atoms with Crippen molar-refractivity contribution in [3.8, 4) is 0 Å². The van der Waals surface area contributed by atoms with Gasteiger partial charge < -0.3 is 127 Å². The highest BCUT2D eigenvalue weighted by atomic mass is 32.2. The van der Waals surface area contributed by atoms with Gasteiger partial charge in [0.05, 0.1) is 12.5 Å². The first-order valence-corrected chi connectivity index (χ1v) is 43.1. The fraction of sp³-hybridized carbons (Fsp3) is 0.636. The fourth-order valence-electron chi connectivity index (χ4n) is 13.0. The summed E-state index contributed by atoms with van der Waals surface area (Å²) in [6.45, 7) is 6.03. The molecule has 0 spiro atoms. The number of primary amides is 1. The number of aromatic nitrogens is 1. The Morgan fingerprint density at radius 2 is 0.805 bits per heavy atom. The lowest BCUT2D eigenvalue weighted by molar-refractivity contribution is -0.144. The molecule has 0 saturated carbocycles. The molecule has 0 radical (unpaired) electrons. The molecule has 14 atom stereocenters. The summed E-state index contributed by atoms with van der Waals surface area (Å²) < 4.78 is 0. The Morgan fingerprint density at radius 1 is 0.431 bits per heavy atom. The summed E-state index contributed by atoms with van der Waals surface area (Å²) in [6.07, 6.45) is -1.90. The number of carbonyl (C=O) groups is 20. The summed E-state index contributed by atoms with van der Waals surface area (Å²) in [5.74, 6) is -24.5. The number of benzene rings is 1. The SMILES string of the molecule is CSCC[C@H](NC(=O)[C@H](CCC(N)=O)NC(=O)[C@@H]1CCCN1C(=O)[C@@H](NC(=O)[C@H](CC(=O)O)NC(=O)[C@H](Cc1c[nH]c2ccccc12)NC(=O)[C@H](CCC(=O)O)NC(=O)[C@H](CCC(=O)O)NC(=O)[C@@H](N)CCSC)C(C)C)C(=O)N[C@@H](CCCCN)C(=O)N[C@@H](CCCCN)C(=O)N[C@@H](CCC(=O)O)C(=O)N[C@H](C(=O)N[C@@H](CCC(=O)O)C(=O)O)C(C)C. The molecule has 686 valence electrons. The summed E-state index contributed by atoms with van der Waals surface area (Å²) >= 11 is 2.61. The van der Waals surface area contributed by atoms with Gasteiger partial charge in [0.1, 0.15) is 78.5 Å². The van der Waals surface area contributed by atoms with E-state index in [0.29, 0.717) is 35.1 Å². The molecule has 1 saturated heterocycles. The van der Waals surface area contributed by atoms with E-state index in [-0.39, 0.29) is 76.8 Å². The molecule has 1 aromatic heterocycles. The maximum Gasteiger partial charge on any atom is 0.326 e. The molecule has 27 N–H and O–H groups in total. The van der Waals surface area contributed by atoms with E-state index >= 15 is 0 Å². The maximum absolute atomic E-state index is 14.9. The Kier molecular flexibility index (Phi) is 47.4. The number of thioether (sulfide) groups is 2. The first kappa shape index (κ1) is 106. The molecule has 2 aromatic rings. The molecule has 14 amide bonds. The van der Waals surface area contributed by atoms with E-state index in [2.05, 4.69) is 68.8 Å². The van der Waals surface area contributed by atoms with Crippen molar-refractivity contribution in [1.29, 1.82) is 0 Å². The third-order valence-electron chi connectivity index (χ3n) is 19.8. The summed E-state index contributed by atoms with van der Waals surface area (Å²) in [5.41, 5.74) is 24.1. The number of amides is 14. The van der Waals surface area contributed by atoms with Gasteiger partial charge in [-0.2, -0.15) is 23.5 Å². The molecule has 0 unspecified atom stereocenters. The van der Waals surface area contributed by atoms with Crippen molar-refractivity contribution in [2.24, 2.45) is 34.8 Å². The highest BCUT2D eigenvalue weighted by molar-refractivity contribution is 7.98. The number of hydrogen-bond donors (Lipinski definition) is 23. The van der Waals surface area contributed by atoms with Gasteiger partial charge in [0.25, 0.3) is 0 Å². The van der Waals surface area contributed by atoms with Crippen LogP contribution in [0.2, 0.25) is 0 Å². The summed E-state index contributed by atoms with van der Waals surface area (Å²) in [5, 5.41) is 87.9. The van der Waals surface area contributed by atoms with E-state index in [9.17, 15) is 121 Å². The summed E-state index contributed by atoms with van der Waals surface area (Å²) in [6, 6.07) is -15.9. The third kappa shape index (κ3) is 38.0. The normalized spacial score (nSPS) is 15.6. The van der Waals surface area contributed by atoms with E-state index in [1.165, 1.54) is 57.4 Å². The molecular weight excluding hydrogens is 1660 g/mol. The first-order chi connectivity index (χ1) is 58.1. The van der Waals surface area contributed by atoms with Crippen LogP contribution in [0.4, 0.5) is 0 Å². The fourth-order valence-corrected chi connectivity index (χ4v) is 13.9. The van der Waals surface area contributed by atoms with Crippen molar-refractivity contribution in [1.82, 2.24) is 73.7 Å². The summed E-state index contributed by atoms with van der Waals surface area (Å²) in [7, 11) is 0. The first-order valence-electron chi connectivity index (χ1n) is 40.3. The molecule has 1 aromatic carbocycles. The van der Waals surface area contributed by atoms with Gasteiger partial charge in [0, 0.05) is 62.2 Å². The predicted molar refractivity (Wildman–Crippen MR) is 445 cm³/mol. The van der Waals surface area contributed by atoms with Crippen LogP contribution in [0.15, 0.2) is 30.5 Å². The molecule has 2 heterocycles. The molecule has 123 heavy (non-hydrogen) atoms. The zero-order valence-electron chi connectivity index (χ0n) is 69.6. The Morgan fingerprint density at radius 3 is 1.24 bits per heavy atom. The van der Waals surface area contributed by atoms with E-state index in [1.54, 1.807) is 36.8 Å². The molecule has 1 aliphatic rings. The van der Waals surface area contributed by atoms with Gasteiger partial charge in [-0.15, -0.1) is 0 Å². The second kappa shape index (κ2) is 55.0. The minimum atomic E-state index is -2.05. The average Bonchev–Trinajstić information content (AvgIpc) is 1.66. The minimum Gasteiger partial charge on any atom is -0.481 e. The number of carboxylic acids is 6. The van der Waals surface area contributed by atoms with Crippen LogP contribution in [0.25, 0.3) is 10.9 Å². The van der Waals surface area contributed by atoms with Crippen molar-refractivity contribution in [2.75, 3.05) is 43.7 Å². The summed E-state index contributed by atoms with van der Waals surface area (Å²) in [4.78, 5) is 274. The molecule has 46 heteroatoms. The van der Waals surface area contributed by atoms with Crippen LogP contribution < -0.4 is 86.7 Å². The van der Waals surface area contributed by atoms with Crippen LogP contribution >= 0.6 is 23.5 Å². The number of carboxylic acid groups (broad SMARTS) is 6. The number of aliphatic carboxylic acids is 6. The number of nitrogens with zero attached hydrogens (tertiary/aromatic N) is 1. The van der Waals surface area contributed by atoms with Gasteiger partial charge in [-0.3, -0.25) is 91.1 Å². The number of fused-ring (bicyclic) bond motifs is 1. The Hall–Kier alpha value is -11.3. The van der Waals surface area contributed by atoms with Crippen molar-refractivity contribution in [3.63, 3.8) is 0 Å². The van der Waals surface area contributed by atoms with Crippen LogP contribution in [-0.2, 0) is 102 Å². The van der Waals surface area contributed by atoms with E-state index in [0.717, 1.165) is 4.90 Å². The zero-order chi connectivity index (χ0) is 92.3. The largest absolute Gasteiger partial charge is 0.481 e. The number of para-hydroxylation sites is 1. The number of aromatic amines is 1. The van der Waals surface area contributed by atoms with Gasteiger partial charge >= 0.3 is 35.8 Å². The maximum atomic E-state index is 14.9. The van der Waals surface area contributed by atoms with Crippen LogP contribution in [0, 0.1) is 11.8 Å². The number of carbonyl (C=O) groups excluding carboxylic acids is 14. The van der Waals surface area contributed by atoms with Gasteiger partial charge in [0.15, 0.2) is 0 Å². The smallest absolute Gasteiger partial charge is 0.326 e.